The molecule has 0 unspecified atom stereocenters. The van der Waals surface area contributed by atoms with Gasteiger partial charge in [0.15, 0.2) is 12.4 Å². The van der Waals surface area contributed by atoms with Gasteiger partial charge in [-0.2, -0.15) is 13.2 Å². The first kappa shape index (κ1) is 13.9. The van der Waals surface area contributed by atoms with Crippen molar-refractivity contribution in [2.75, 3.05) is 6.61 Å². The Kier molecular flexibility index (Phi) is 3.89. The molecule has 0 saturated carbocycles. The fourth-order valence-corrected chi connectivity index (χ4v) is 1.19. The number of halogens is 3. The molecule has 0 fully saturated rings. The van der Waals surface area contributed by atoms with Crippen molar-refractivity contribution in [3.8, 4) is 5.75 Å². The summed E-state index contributed by atoms with van der Waals surface area (Å²) in [5.41, 5.74) is -0.645. The fourth-order valence-electron chi connectivity index (χ4n) is 1.19. The van der Waals surface area contributed by atoms with Gasteiger partial charge in [-0.25, -0.2) is 0 Å². The summed E-state index contributed by atoms with van der Waals surface area (Å²) in [6.45, 7) is -0.482. The Morgan fingerprint density at radius 1 is 1.44 bits per heavy atom. The summed E-state index contributed by atoms with van der Waals surface area (Å²) in [6, 6.07) is 2.83. The molecule has 98 valence electrons. The molecule has 0 amide bonds. The van der Waals surface area contributed by atoms with E-state index in [9.17, 15) is 28.1 Å². The number of Topliss-reactive ketones (excluding diaryl/α,β-unsaturated/α-hetero) is 1. The highest BCUT2D eigenvalue weighted by Crippen LogP contribution is 2.26. The van der Waals surface area contributed by atoms with Crippen LogP contribution in [-0.4, -0.2) is 23.5 Å². The Morgan fingerprint density at radius 2 is 2.06 bits per heavy atom. The zero-order valence-corrected chi connectivity index (χ0v) is 9.15. The van der Waals surface area contributed by atoms with Crippen LogP contribution in [0.15, 0.2) is 18.2 Å². The Bertz CT molecular complexity index is 485. The number of nitro benzene ring substituents is 1. The molecule has 1 aromatic carbocycles. The van der Waals surface area contributed by atoms with Crippen molar-refractivity contribution < 1.29 is 27.6 Å². The van der Waals surface area contributed by atoms with Gasteiger partial charge in [0.1, 0.15) is 5.75 Å². The summed E-state index contributed by atoms with van der Waals surface area (Å²) in [4.78, 5) is 20.9. The van der Waals surface area contributed by atoms with Gasteiger partial charge in [-0.3, -0.25) is 14.9 Å². The Hall–Kier alpha value is -2.12. The highest BCUT2D eigenvalue weighted by molar-refractivity contribution is 5.97. The van der Waals surface area contributed by atoms with E-state index in [-0.39, 0.29) is 17.0 Å². The maximum Gasteiger partial charge on any atom is 0.422 e. The largest absolute Gasteiger partial charge is 0.483 e. The van der Waals surface area contributed by atoms with Gasteiger partial charge in [-0.05, 0) is 13.0 Å². The topological polar surface area (TPSA) is 69.4 Å². The van der Waals surface area contributed by atoms with Gasteiger partial charge >= 0.3 is 6.18 Å². The van der Waals surface area contributed by atoms with E-state index in [4.69, 9.17) is 0 Å². The SMILES string of the molecule is CC(=O)c1cc([N+](=O)[O-])ccc1OCC(F)(F)F. The summed E-state index contributed by atoms with van der Waals surface area (Å²) in [5, 5.41) is 10.5. The minimum Gasteiger partial charge on any atom is -0.483 e. The lowest BCUT2D eigenvalue weighted by Crippen LogP contribution is -2.20. The molecule has 0 aliphatic carbocycles. The third-order valence-corrected chi connectivity index (χ3v) is 1.94. The molecule has 0 aliphatic heterocycles. The zero-order valence-electron chi connectivity index (χ0n) is 9.15. The van der Waals surface area contributed by atoms with E-state index in [0.717, 1.165) is 25.1 Å². The number of hydrogen-bond donors (Lipinski definition) is 0. The number of non-ortho nitro benzene ring substituents is 1. The van der Waals surface area contributed by atoms with Crippen LogP contribution in [0.25, 0.3) is 0 Å². The van der Waals surface area contributed by atoms with Crippen LogP contribution in [-0.2, 0) is 0 Å². The normalized spacial score (nSPS) is 11.1. The van der Waals surface area contributed by atoms with Gasteiger partial charge in [0.2, 0.25) is 0 Å². The minimum atomic E-state index is -4.55. The molecule has 0 N–H and O–H groups in total. The summed E-state index contributed by atoms with van der Waals surface area (Å²) >= 11 is 0. The monoisotopic (exact) mass is 263 g/mol. The maximum atomic E-state index is 12.0. The molecule has 18 heavy (non-hydrogen) atoms. The third-order valence-electron chi connectivity index (χ3n) is 1.94. The number of benzene rings is 1. The predicted molar refractivity (Wildman–Crippen MR) is 54.7 cm³/mol. The van der Waals surface area contributed by atoms with Crippen LogP contribution >= 0.6 is 0 Å². The standard InChI is InChI=1S/C10H8F3NO4/c1-6(15)8-4-7(14(16)17)2-3-9(8)18-5-10(11,12)13/h2-4H,5H2,1H3. The van der Waals surface area contributed by atoms with E-state index in [1.54, 1.807) is 0 Å². The summed E-state index contributed by atoms with van der Waals surface area (Å²) < 4.78 is 40.3. The quantitative estimate of drug-likeness (QED) is 0.475. The van der Waals surface area contributed by atoms with Gasteiger partial charge in [-0.1, -0.05) is 0 Å². The maximum absolute atomic E-state index is 12.0. The molecule has 0 bridgehead atoms. The second kappa shape index (κ2) is 5.03. The zero-order chi connectivity index (χ0) is 13.9. The van der Waals surface area contributed by atoms with Crippen LogP contribution in [0.1, 0.15) is 17.3 Å². The van der Waals surface area contributed by atoms with Crippen molar-refractivity contribution in [1.82, 2.24) is 0 Å². The van der Waals surface area contributed by atoms with Crippen molar-refractivity contribution >= 4 is 11.5 Å². The van der Waals surface area contributed by atoms with E-state index in [1.165, 1.54) is 0 Å². The second-order valence-corrected chi connectivity index (χ2v) is 3.40. The van der Waals surface area contributed by atoms with Crippen molar-refractivity contribution in [2.45, 2.75) is 13.1 Å². The Labute approximate surface area is 99.3 Å². The number of nitro groups is 1. The molecule has 0 spiro atoms. The molecule has 1 aromatic rings. The van der Waals surface area contributed by atoms with Crippen molar-refractivity contribution in [3.63, 3.8) is 0 Å². The number of ketones is 1. The minimum absolute atomic E-state index is 0.256. The van der Waals surface area contributed by atoms with Gasteiger partial charge < -0.3 is 4.74 Å². The average Bonchev–Trinajstić information content (AvgIpc) is 2.24. The molecule has 1 rings (SSSR count). The van der Waals surface area contributed by atoms with E-state index in [0.29, 0.717) is 0 Å². The molecule has 0 aromatic heterocycles. The first-order valence-electron chi connectivity index (χ1n) is 4.69. The number of alkyl halides is 3. The van der Waals surface area contributed by atoms with Crippen molar-refractivity contribution in [2.24, 2.45) is 0 Å². The van der Waals surface area contributed by atoms with E-state index < -0.39 is 23.5 Å². The van der Waals surface area contributed by atoms with Crippen LogP contribution in [0, 0.1) is 10.1 Å². The highest BCUT2D eigenvalue weighted by atomic mass is 19.4. The van der Waals surface area contributed by atoms with E-state index >= 15 is 0 Å². The van der Waals surface area contributed by atoms with Crippen molar-refractivity contribution in [1.29, 1.82) is 0 Å². The number of nitrogens with zero attached hydrogens (tertiary/aromatic N) is 1. The molecule has 0 aliphatic rings. The lowest BCUT2D eigenvalue weighted by molar-refractivity contribution is -0.384. The molecule has 0 heterocycles. The van der Waals surface area contributed by atoms with Gasteiger partial charge in [0, 0.05) is 12.1 Å². The molecule has 0 radical (unpaired) electrons. The van der Waals surface area contributed by atoms with Crippen molar-refractivity contribution in [3.05, 3.63) is 33.9 Å². The first-order chi connectivity index (χ1) is 8.20. The predicted octanol–water partition coefficient (Wildman–Crippen LogP) is 2.74. The fraction of sp³-hybridized carbons (Fsp3) is 0.300. The number of carbonyl (C=O) groups excluding carboxylic acids is 1. The number of hydrogen-bond acceptors (Lipinski definition) is 4. The second-order valence-electron chi connectivity index (χ2n) is 3.40. The molecular weight excluding hydrogens is 255 g/mol. The van der Waals surface area contributed by atoms with E-state index in [1.807, 2.05) is 0 Å². The highest BCUT2D eigenvalue weighted by Gasteiger charge is 2.29. The summed E-state index contributed by atoms with van der Waals surface area (Å²) in [7, 11) is 0. The average molecular weight is 263 g/mol. The number of carbonyl (C=O) groups is 1. The lowest BCUT2D eigenvalue weighted by atomic mass is 10.1. The molecular formula is C10H8F3NO4. The molecule has 0 atom stereocenters. The number of rotatable bonds is 4. The molecule has 5 nitrogen and oxygen atoms in total. The summed E-state index contributed by atoms with van der Waals surface area (Å²) in [6.07, 6.45) is -4.55. The van der Waals surface area contributed by atoms with Gasteiger partial charge in [0.25, 0.3) is 5.69 Å². The number of ether oxygens (including phenoxy) is 1. The molecule has 8 heteroatoms. The third kappa shape index (κ3) is 3.72. The Morgan fingerprint density at radius 3 is 2.50 bits per heavy atom. The van der Waals surface area contributed by atoms with Gasteiger partial charge in [0.05, 0.1) is 10.5 Å². The summed E-state index contributed by atoms with van der Waals surface area (Å²) in [5.74, 6) is -0.943. The lowest BCUT2D eigenvalue weighted by Gasteiger charge is -2.11. The van der Waals surface area contributed by atoms with Gasteiger partial charge in [-0.15, -0.1) is 0 Å². The van der Waals surface area contributed by atoms with Crippen LogP contribution in [0.2, 0.25) is 0 Å². The van der Waals surface area contributed by atoms with E-state index in [2.05, 4.69) is 4.74 Å². The van der Waals surface area contributed by atoms with Crippen LogP contribution in [0.4, 0.5) is 18.9 Å². The Balaban J connectivity index is 3.05. The van der Waals surface area contributed by atoms with Crippen LogP contribution in [0.3, 0.4) is 0 Å². The molecule has 0 saturated heterocycles. The smallest absolute Gasteiger partial charge is 0.422 e. The van der Waals surface area contributed by atoms with Crippen LogP contribution in [0.5, 0.6) is 5.75 Å². The van der Waals surface area contributed by atoms with Crippen LogP contribution < -0.4 is 4.74 Å². The first-order valence-corrected chi connectivity index (χ1v) is 4.69.